The van der Waals surface area contributed by atoms with Gasteiger partial charge in [0.05, 0.1) is 132 Å². The third-order valence-electron chi connectivity index (χ3n) is 17.0. The Labute approximate surface area is 520 Å². The largest absolute Gasteiger partial charge is 0.386 e. The number of benzene rings is 2. The van der Waals surface area contributed by atoms with Crippen LogP contribution >= 0.6 is 0 Å². The molecule has 0 aliphatic carbocycles. The second-order valence-electron chi connectivity index (χ2n) is 23.8. The molecule has 2 aromatic rings. The fourth-order valence-corrected chi connectivity index (χ4v) is 11.9. The Balaban J connectivity index is 0.971. The number of aliphatic hydroxyl groups excluding tert-OH is 1. The van der Waals surface area contributed by atoms with E-state index in [2.05, 4.69) is 21.3 Å². The van der Waals surface area contributed by atoms with Gasteiger partial charge >= 0.3 is 0 Å². The van der Waals surface area contributed by atoms with Gasteiger partial charge in [-0.2, -0.15) is 0 Å². The van der Waals surface area contributed by atoms with Crippen LogP contribution in [0, 0.1) is 23.7 Å². The van der Waals surface area contributed by atoms with Gasteiger partial charge in [0.15, 0.2) is 0 Å². The first kappa shape index (κ1) is 72.8. The Morgan fingerprint density at radius 3 is 1.91 bits per heavy atom. The number of likely N-dealkylation sites (tertiary alicyclic amines) is 1. The number of carbonyl (C=O) groups is 8. The summed E-state index contributed by atoms with van der Waals surface area (Å²) in [5, 5.41) is 22.3. The van der Waals surface area contributed by atoms with Gasteiger partial charge in [-0.1, -0.05) is 91.3 Å². The first-order chi connectivity index (χ1) is 42.1. The van der Waals surface area contributed by atoms with Crippen LogP contribution in [-0.2, 0) is 61.9 Å². The van der Waals surface area contributed by atoms with E-state index in [0.29, 0.717) is 110 Å². The number of fused-ring (bicyclic) bond motifs is 1. The van der Waals surface area contributed by atoms with E-state index in [1.807, 2.05) is 83.8 Å². The van der Waals surface area contributed by atoms with Crippen molar-refractivity contribution in [3.05, 3.63) is 65.2 Å². The van der Waals surface area contributed by atoms with Crippen LogP contribution < -0.4 is 21.3 Å². The summed E-state index contributed by atoms with van der Waals surface area (Å²) in [5.41, 5.74) is 1.53. The van der Waals surface area contributed by atoms with Crippen molar-refractivity contribution in [2.75, 3.05) is 119 Å². The predicted molar refractivity (Wildman–Crippen MR) is 329 cm³/mol. The predicted octanol–water partition coefficient (Wildman–Crippen LogP) is 3.84. The lowest BCUT2D eigenvalue weighted by molar-refractivity contribution is -0.148. The molecule has 11 unspecified atom stereocenters. The van der Waals surface area contributed by atoms with Crippen LogP contribution in [0.2, 0.25) is 0 Å². The number of hydrogen-bond acceptors (Lipinski definition) is 18. The van der Waals surface area contributed by atoms with Crippen molar-refractivity contribution in [1.29, 1.82) is 0 Å². The zero-order valence-corrected chi connectivity index (χ0v) is 53.9. The molecule has 0 aromatic heterocycles. The van der Waals surface area contributed by atoms with E-state index >= 15 is 0 Å². The summed E-state index contributed by atoms with van der Waals surface area (Å²) in [6.07, 6.45) is -0.0562. The number of piperidine rings is 1. The van der Waals surface area contributed by atoms with Gasteiger partial charge in [-0.05, 0) is 68.7 Å². The molecule has 11 atom stereocenters. The van der Waals surface area contributed by atoms with Crippen LogP contribution in [0.15, 0.2) is 48.5 Å². The minimum absolute atomic E-state index is 0.0190. The lowest BCUT2D eigenvalue weighted by Crippen LogP contribution is -2.60. The number of likely N-dealkylation sites (N-methyl/N-ethyl adjacent to an activating group) is 2. The van der Waals surface area contributed by atoms with E-state index in [0.717, 1.165) is 11.3 Å². The minimum atomic E-state index is -1.04. The van der Waals surface area contributed by atoms with Gasteiger partial charge in [-0.15, -0.1) is 0 Å². The summed E-state index contributed by atoms with van der Waals surface area (Å²) >= 11 is 0. The van der Waals surface area contributed by atoms with Crippen LogP contribution in [0.25, 0.3) is 0 Å². The Morgan fingerprint density at radius 2 is 1.34 bits per heavy atom. The highest BCUT2D eigenvalue weighted by Crippen LogP contribution is 2.33. The normalized spacial score (nSPS) is 19.2. The van der Waals surface area contributed by atoms with Crippen molar-refractivity contribution in [2.24, 2.45) is 23.7 Å². The second-order valence-corrected chi connectivity index (χ2v) is 23.8. The molecule has 3 aliphatic heterocycles. The molecule has 2 fully saturated rings. The molecule has 24 heteroatoms. The Kier molecular flexibility index (Phi) is 30.3. The number of ether oxygens (including phenoxy) is 7. The number of methoxy groups -OCH3 is 2. The number of rotatable bonds is 40. The lowest BCUT2D eigenvalue weighted by atomic mass is 9.89. The molecule has 0 radical (unpaired) electrons. The van der Waals surface area contributed by atoms with Gasteiger partial charge in [-0.25, -0.2) is 0 Å². The summed E-state index contributed by atoms with van der Waals surface area (Å²) < 4.78 is 40.5. The summed E-state index contributed by atoms with van der Waals surface area (Å²) in [4.78, 5) is 114. The molecular formula is C64H100N8O16. The topological polar surface area (TPSA) is 282 Å². The van der Waals surface area contributed by atoms with E-state index in [9.17, 15) is 43.5 Å². The maximum Gasteiger partial charge on any atom is 0.264 e. The van der Waals surface area contributed by atoms with E-state index in [-0.39, 0.29) is 77.8 Å². The fourth-order valence-electron chi connectivity index (χ4n) is 11.9. The van der Waals surface area contributed by atoms with Crippen molar-refractivity contribution < 1.29 is 76.6 Å². The molecule has 3 aliphatic rings. The number of anilines is 1. The Morgan fingerprint density at radius 1 is 0.727 bits per heavy atom. The van der Waals surface area contributed by atoms with Gasteiger partial charge in [0, 0.05) is 53.0 Å². The molecule has 0 bridgehead atoms. The van der Waals surface area contributed by atoms with Crippen molar-refractivity contribution in [3.63, 3.8) is 0 Å². The van der Waals surface area contributed by atoms with Crippen LogP contribution in [0.4, 0.5) is 5.69 Å². The molecular weight excluding hydrogens is 1140 g/mol. The highest BCUT2D eigenvalue weighted by Gasteiger charge is 2.47. The van der Waals surface area contributed by atoms with Gasteiger partial charge in [0.25, 0.3) is 11.8 Å². The number of amides is 8. The van der Waals surface area contributed by atoms with Crippen LogP contribution in [0.5, 0.6) is 0 Å². The second kappa shape index (κ2) is 36.6. The standard InChI is InChI=1S/C64H100N8O16/c1-13-42(6)56(50(82-11)39-52(74)71-27-18-23-48(71)58(83-12)43(7)59(76)66-44(8)57(75)45-19-15-14-16-20-45)70(10)64(81)54(40(2)3)68-61(78)55(41(4)5)69(9)28-30-85-32-34-87-36-38-88-37-35-86-33-31-84-29-26-65-47-22-17-21-46-53(47)63(80)72(62(46)79)49-24-25-51(73)67-60(49)77/h14-17,19-22,40-44,48-50,54-58,65,75H,13,18,23-39H2,1-12H3,(H,66,76)(H,68,78)(H,67,73,77). The molecule has 492 valence electrons. The SMILES string of the molecule is CCC(C)C(C(CC(=O)N1CCCC1C(OC)C(C)C(=O)NC(C)C(O)c1ccccc1)OC)N(C)C(=O)C(NC(=O)C(C(C)C)N(C)CCOCCOCCOCCOCCOCCNc1cccc2c1C(=O)N(C1CCC(=O)NC1=O)C2=O)C(C)C. The molecule has 8 amide bonds. The smallest absolute Gasteiger partial charge is 0.264 e. The minimum Gasteiger partial charge on any atom is -0.386 e. The number of nitrogens with zero attached hydrogens (tertiary/aromatic N) is 4. The maximum absolute atomic E-state index is 14.7. The average molecular weight is 1240 g/mol. The lowest BCUT2D eigenvalue weighted by Gasteiger charge is -2.41. The van der Waals surface area contributed by atoms with Gasteiger partial charge < -0.3 is 64.0 Å². The quantitative estimate of drug-likeness (QED) is 0.0468. The zero-order valence-electron chi connectivity index (χ0n) is 53.9. The summed E-state index contributed by atoms with van der Waals surface area (Å²) in [6.45, 7) is 20.0. The van der Waals surface area contributed by atoms with Crippen molar-refractivity contribution in [2.45, 2.75) is 148 Å². The third kappa shape index (κ3) is 20.0. The van der Waals surface area contributed by atoms with E-state index in [1.165, 1.54) is 0 Å². The zero-order chi connectivity index (χ0) is 64.6. The summed E-state index contributed by atoms with van der Waals surface area (Å²) in [7, 11) is 6.67. The molecule has 2 saturated heterocycles. The molecule has 0 spiro atoms. The van der Waals surface area contributed by atoms with E-state index in [4.69, 9.17) is 33.2 Å². The first-order valence-electron chi connectivity index (χ1n) is 31.2. The molecule has 0 saturated carbocycles. The van der Waals surface area contributed by atoms with Crippen molar-refractivity contribution >= 4 is 52.9 Å². The molecule has 24 nitrogen and oxygen atoms in total. The fraction of sp³-hybridized carbons (Fsp3) is 0.688. The molecule has 2 aromatic carbocycles. The van der Waals surface area contributed by atoms with E-state index < -0.39 is 78.1 Å². The highest BCUT2D eigenvalue weighted by molar-refractivity contribution is 6.25. The molecule has 3 heterocycles. The van der Waals surface area contributed by atoms with Gasteiger partial charge in [0.2, 0.25) is 35.4 Å². The van der Waals surface area contributed by atoms with Gasteiger partial charge in [0.1, 0.15) is 12.1 Å². The Bertz CT molecular complexity index is 2580. The molecule has 5 rings (SSSR count). The third-order valence-corrected chi connectivity index (χ3v) is 17.0. The number of imide groups is 2. The number of carbonyl (C=O) groups excluding carboxylic acids is 8. The number of hydrogen-bond donors (Lipinski definition) is 5. The maximum atomic E-state index is 14.7. The van der Waals surface area contributed by atoms with Crippen molar-refractivity contribution in [3.8, 4) is 0 Å². The van der Waals surface area contributed by atoms with Crippen molar-refractivity contribution in [1.82, 2.24) is 35.6 Å². The Hall–Kier alpha value is -5.96. The summed E-state index contributed by atoms with van der Waals surface area (Å²) in [6, 6.07) is 10.1. The van der Waals surface area contributed by atoms with Gasteiger partial charge in [-0.3, -0.25) is 53.5 Å². The van der Waals surface area contributed by atoms with Crippen LogP contribution in [0.3, 0.4) is 0 Å². The number of aliphatic hydroxyl groups is 1. The molecule has 88 heavy (non-hydrogen) atoms. The van der Waals surface area contributed by atoms with Crippen LogP contribution in [0.1, 0.15) is 126 Å². The number of nitrogens with one attached hydrogen (secondary N) is 4. The first-order valence-corrected chi connectivity index (χ1v) is 31.2. The molecule has 5 N–H and O–H groups in total. The van der Waals surface area contributed by atoms with Crippen LogP contribution in [-0.4, -0.2) is 234 Å². The van der Waals surface area contributed by atoms with E-state index in [1.54, 1.807) is 63.1 Å². The highest BCUT2D eigenvalue weighted by atomic mass is 16.6. The monoisotopic (exact) mass is 1240 g/mol. The average Bonchev–Trinajstić information content (AvgIpc) is 2.70. The summed E-state index contributed by atoms with van der Waals surface area (Å²) in [5.74, 6) is -4.38.